The highest BCUT2D eigenvalue weighted by molar-refractivity contribution is 7.19. The second-order valence-electron chi connectivity index (χ2n) is 10.0. The summed E-state index contributed by atoms with van der Waals surface area (Å²) in [7, 11) is 0. The van der Waals surface area contributed by atoms with E-state index in [-0.39, 0.29) is 6.61 Å². The van der Waals surface area contributed by atoms with Crippen LogP contribution in [0.1, 0.15) is 48.1 Å². The molecule has 3 aromatic rings. The van der Waals surface area contributed by atoms with Crippen LogP contribution in [0.2, 0.25) is 4.34 Å². The first-order chi connectivity index (χ1) is 18.0. The summed E-state index contributed by atoms with van der Waals surface area (Å²) >= 11 is 7.64. The number of thiophene rings is 1. The summed E-state index contributed by atoms with van der Waals surface area (Å²) in [4.78, 5) is 22.4. The van der Waals surface area contributed by atoms with Crippen LogP contribution in [0.4, 0.5) is 0 Å². The smallest absolute Gasteiger partial charge is 0.241 e. The van der Waals surface area contributed by atoms with Gasteiger partial charge in [-0.25, -0.2) is 0 Å². The van der Waals surface area contributed by atoms with Gasteiger partial charge in [-0.15, -0.1) is 11.3 Å². The van der Waals surface area contributed by atoms with Gasteiger partial charge in [0.2, 0.25) is 5.91 Å². The molecule has 37 heavy (non-hydrogen) atoms. The number of hydrogen-bond donors (Lipinski definition) is 2. The summed E-state index contributed by atoms with van der Waals surface area (Å²) in [6, 6.07) is 16.1. The fourth-order valence-electron chi connectivity index (χ4n) is 5.03. The van der Waals surface area contributed by atoms with Crippen molar-refractivity contribution in [3.63, 3.8) is 0 Å². The quantitative estimate of drug-likeness (QED) is 0.410. The molecule has 1 saturated heterocycles. The Labute approximate surface area is 225 Å². The van der Waals surface area contributed by atoms with Gasteiger partial charge in [0.25, 0.3) is 0 Å². The van der Waals surface area contributed by atoms with Gasteiger partial charge in [-0.2, -0.15) is 5.06 Å². The molecule has 1 saturated carbocycles. The molecule has 3 N–H and O–H groups in total. The predicted octanol–water partition coefficient (Wildman–Crippen LogP) is 4.69. The van der Waals surface area contributed by atoms with Crippen LogP contribution >= 0.6 is 22.9 Å². The highest BCUT2D eigenvalue weighted by atomic mass is 35.5. The minimum atomic E-state index is -0.883. The number of likely N-dealkylation sites (tertiary alicyclic amines) is 1. The first-order valence-corrected chi connectivity index (χ1v) is 13.9. The van der Waals surface area contributed by atoms with E-state index in [0.717, 1.165) is 69.6 Å². The number of rotatable bonds is 9. The second kappa shape index (κ2) is 10.4. The highest BCUT2D eigenvalue weighted by Gasteiger charge is 2.42. The molecule has 9 heteroatoms. The largest absolute Gasteiger partial charge is 0.490 e. The summed E-state index contributed by atoms with van der Waals surface area (Å²) in [6.45, 7) is 2.75. The molecule has 1 amide bonds. The number of nitrogens with zero attached hydrogens (tertiary/aromatic N) is 2. The van der Waals surface area contributed by atoms with Gasteiger partial charge in [0.15, 0.2) is 0 Å². The molecule has 0 bridgehead atoms. The number of halogens is 1. The van der Waals surface area contributed by atoms with Crippen molar-refractivity contribution in [3.8, 4) is 16.2 Å². The third kappa shape index (κ3) is 5.27. The molecule has 3 heterocycles. The van der Waals surface area contributed by atoms with E-state index in [1.807, 2.05) is 54.6 Å². The lowest BCUT2D eigenvalue weighted by molar-refractivity contribution is -0.250. The Balaban J connectivity index is 1.29. The van der Waals surface area contributed by atoms with Crippen molar-refractivity contribution in [2.24, 2.45) is 5.73 Å². The zero-order valence-corrected chi connectivity index (χ0v) is 22.0. The topological polar surface area (TPSA) is 88.3 Å². The monoisotopic (exact) mass is 539 g/mol. The summed E-state index contributed by atoms with van der Waals surface area (Å²) in [6.07, 6.45) is 2.73. The van der Waals surface area contributed by atoms with Crippen LogP contribution in [0.15, 0.2) is 54.6 Å². The summed E-state index contributed by atoms with van der Waals surface area (Å²) in [5.74, 6) is 0.292. The van der Waals surface area contributed by atoms with E-state index < -0.39 is 24.1 Å². The predicted molar refractivity (Wildman–Crippen MR) is 143 cm³/mol. The van der Waals surface area contributed by atoms with Crippen molar-refractivity contribution in [3.05, 3.63) is 75.6 Å². The number of ether oxygens (including phenoxy) is 1. The maximum absolute atomic E-state index is 12.8. The fraction of sp³-hybridized carbons (Fsp3) is 0.393. The number of primary amides is 1. The minimum Gasteiger partial charge on any atom is -0.490 e. The molecular formula is C28H30ClN3O4S. The van der Waals surface area contributed by atoms with E-state index in [9.17, 15) is 9.90 Å². The molecular weight excluding hydrogens is 510 g/mol. The molecule has 6 rings (SSSR count). The normalized spacial score (nSPS) is 21.6. The van der Waals surface area contributed by atoms with Gasteiger partial charge in [0.05, 0.1) is 29.2 Å². The van der Waals surface area contributed by atoms with Crippen LogP contribution in [0.5, 0.6) is 5.75 Å². The number of amides is 1. The molecule has 194 valence electrons. The van der Waals surface area contributed by atoms with Gasteiger partial charge in [-0.3, -0.25) is 9.63 Å². The molecule has 2 fully saturated rings. The molecule has 2 aromatic carbocycles. The first-order valence-electron chi connectivity index (χ1n) is 12.7. The Kier molecular flexibility index (Phi) is 6.96. The number of carbonyl (C=O) groups excluding carboxylic acids is 1. The number of benzene rings is 2. The number of aliphatic hydroxyl groups is 1. The van der Waals surface area contributed by atoms with E-state index in [2.05, 4.69) is 4.90 Å². The molecule has 3 aliphatic rings. The van der Waals surface area contributed by atoms with Crippen LogP contribution in [0.3, 0.4) is 0 Å². The second-order valence-corrected chi connectivity index (χ2v) is 11.7. The van der Waals surface area contributed by atoms with Crippen LogP contribution in [0.25, 0.3) is 10.4 Å². The van der Waals surface area contributed by atoms with E-state index in [1.165, 1.54) is 11.3 Å². The first kappa shape index (κ1) is 24.9. The summed E-state index contributed by atoms with van der Waals surface area (Å²) in [5, 5.41) is 13.2. The Morgan fingerprint density at radius 2 is 1.95 bits per heavy atom. The Bertz CT molecular complexity index is 1270. The molecule has 1 unspecified atom stereocenters. The van der Waals surface area contributed by atoms with Gasteiger partial charge < -0.3 is 20.5 Å². The van der Waals surface area contributed by atoms with E-state index in [0.29, 0.717) is 12.6 Å². The van der Waals surface area contributed by atoms with Crippen molar-refractivity contribution in [1.82, 2.24) is 9.96 Å². The number of aliphatic hydroxyl groups excluding tert-OH is 1. The number of hydrogen-bond acceptors (Lipinski definition) is 7. The lowest BCUT2D eigenvalue weighted by Crippen LogP contribution is -2.55. The summed E-state index contributed by atoms with van der Waals surface area (Å²) in [5.41, 5.74) is 9.43. The maximum Gasteiger partial charge on any atom is 0.241 e. The van der Waals surface area contributed by atoms with Gasteiger partial charge in [0, 0.05) is 11.4 Å². The number of fused-ring (bicyclic) bond motifs is 1. The van der Waals surface area contributed by atoms with Crippen LogP contribution in [-0.2, 0) is 16.2 Å². The van der Waals surface area contributed by atoms with Crippen LogP contribution < -0.4 is 10.5 Å². The SMILES string of the molecule is NC(=O)C1c2ccc(-c3ccc(Cl)s3)cc2CON1[C@H](CN1CCC1)[C@H](O)c1ccc(OC2CC2)cc1. The number of hydroxylamine groups is 2. The summed E-state index contributed by atoms with van der Waals surface area (Å²) < 4.78 is 6.59. The average Bonchev–Trinajstić information content (AvgIpc) is 3.58. The van der Waals surface area contributed by atoms with Crippen LogP contribution in [0, 0.1) is 0 Å². The molecule has 7 nitrogen and oxygen atoms in total. The molecule has 0 radical (unpaired) electrons. The molecule has 2 aliphatic heterocycles. The number of carbonyl (C=O) groups is 1. The average molecular weight is 540 g/mol. The lowest BCUT2D eigenvalue weighted by Gasteiger charge is -2.44. The highest BCUT2D eigenvalue weighted by Crippen LogP contribution is 2.39. The van der Waals surface area contributed by atoms with Crippen molar-refractivity contribution < 1.29 is 19.5 Å². The third-order valence-corrected chi connectivity index (χ3v) is 8.60. The van der Waals surface area contributed by atoms with Gasteiger partial charge in [-0.05, 0) is 84.9 Å². The fourth-order valence-corrected chi connectivity index (χ4v) is 6.07. The molecule has 0 spiro atoms. The maximum atomic E-state index is 12.8. The van der Waals surface area contributed by atoms with E-state index in [1.54, 1.807) is 5.06 Å². The molecule has 3 atom stereocenters. The van der Waals surface area contributed by atoms with Crippen molar-refractivity contribution in [2.75, 3.05) is 19.6 Å². The zero-order chi connectivity index (χ0) is 25.5. The van der Waals surface area contributed by atoms with Crippen molar-refractivity contribution in [1.29, 1.82) is 0 Å². The third-order valence-electron chi connectivity index (χ3n) is 7.32. The molecule has 1 aliphatic carbocycles. The lowest BCUT2D eigenvalue weighted by atomic mass is 9.93. The van der Waals surface area contributed by atoms with Crippen molar-refractivity contribution in [2.45, 2.75) is 50.2 Å². The Hall–Kier alpha value is -2.46. The Morgan fingerprint density at radius 1 is 1.16 bits per heavy atom. The van der Waals surface area contributed by atoms with Crippen molar-refractivity contribution >= 4 is 28.8 Å². The number of nitrogens with two attached hydrogens (primary N) is 1. The van der Waals surface area contributed by atoms with Gasteiger partial charge in [-0.1, -0.05) is 35.9 Å². The zero-order valence-electron chi connectivity index (χ0n) is 20.4. The van der Waals surface area contributed by atoms with E-state index >= 15 is 0 Å². The standard InChI is InChI=1S/C28H30ClN3O4S/c29-25-11-10-24(37-25)18-4-9-22-19(14-18)16-35-32(26(22)28(30)34)23(15-31-12-1-13-31)27(33)17-2-5-20(6-3-17)36-21-7-8-21/h2-6,9-11,14,21,23,26-27,33H,1,7-8,12-13,15-16H2,(H2,30,34)/t23-,26?,27-/m1/s1. The van der Waals surface area contributed by atoms with Gasteiger partial charge >= 0.3 is 0 Å². The van der Waals surface area contributed by atoms with Gasteiger partial charge in [0.1, 0.15) is 11.8 Å². The van der Waals surface area contributed by atoms with E-state index in [4.69, 9.17) is 26.9 Å². The Morgan fingerprint density at radius 3 is 2.57 bits per heavy atom. The minimum absolute atomic E-state index is 0.281. The van der Waals surface area contributed by atoms with Crippen LogP contribution in [-0.4, -0.2) is 52.8 Å². The molecule has 1 aromatic heterocycles.